The highest BCUT2D eigenvalue weighted by atomic mass is 35.5. The van der Waals surface area contributed by atoms with Gasteiger partial charge in [-0.25, -0.2) is 0 Å². The fourth-order valence-corrected chi connectivity index (χ4v) is 2.16. The summed E-state index contributed by atoms with van der Waals surface area (Å²) in [4.78, 5) is 2.38. The first-order chi connectivity index (χ1) is 6.83. The van der Waals surface area contributed by atoms with Gasteiger partial charge in [0.15, 0.2) is 0 Å². The molecular weight excluding hydrogens is 194 g/mol. The maximum absolute atomic E-state index is 5.92. The van der Waals surface area contributed by atoms with E-state index < -0.39 is 0 Å². The summed E-state index contributed by atoms with van der Waals surface area (Å²) in [6, 6.07) is 9.14. The van der Waals surface area contributed by atoms with Crippen molar-refractivity contribution in [2.45, 2.75) is 31.2 Å². The van der Waals surface area contributed by atoms with Crippen LogP contribution in [0.5, 0.6) is 0 Å². The zero-order chi connectivity index (χ0) is 9.97. The van der Waals surface area contributed by atoms with Crippen LogP contribution in [0.3, 0.4) is 0 Å². The minimum atomic E-state index is 0.604. The fraction of sp³-hybridized carbons (Fsp3) is 0.500. The van der Waals surface area contributed by atoms with E-state index in [2.05, 4.69) is 36.2 Å². The first kappa shape index (κ1) is 9.85. The molecule has 0 unspecified atom stereocenters. The monoisotopic (exact) mass is 209 g/mol. The first-order valence-electron chi connectivity index (χ1n) is 5.19. The van der Waals surface area contributed by atoms with Crippen molar-refractivity contribution in [3.05, 3.63) is 29.8 Å². The average molecular weight is 210 g/mol. The third-order valence-corrected chi connectivity index (χ3v) is 3.43. The van der Waals surface area contributed by atoms with Crippen molar-refractivity contribution in [3.8, 4) is 0 Å². The quantitative estimate of drug-likeness (QED) is 0.690. The Morgan fingerprint density at radius 3 is 2.64 bits per heavy atom. The summed E-state index contributed by atoms with van der Waals surface area (Å²) in [6.07, 6.45) is 4.03. The average Bonchev–Trinajstić information content (AvgIpc) is 2.15. The molecule has 0 saturated heterocycles. The molecule has 1 aromatic carbocycles. The molecule has 1 saturated carbocycles. The number of halogens is 1. The van der Waals surface area contributed by atoms with E-state index >= 15 is 0 Å². The lowest BCUT2D eigenvalue weighted by molar-refractivity contribution is 0.401. The van der Waals surface area contributed by atoms with E-state index in [0.717, 1.165) is 6.04 Å². The molecule has 0 aromatic heterocycles. The van der Waals surface area contributed by atoms with Crippen molar-refractivity contribution >= 4 is 17.3 Å². The van der Waals surface area contributed by atoms with Gasteiger partial charge in [0.05, 0.1) is 0 Å². The number of para-hydroxylation sites is 1. The molecule has 2 heteroatoms. The van der Waals surface area contributed by atoms with E-state index in [4.69, 9.17) is 11.6 Å². The second-order valence-electron chi connectivity index (χ2n) is 3.96. The van der Waals surface area contributed by atoms with Crippen LogP contribution in [-0.4, -0.2) is 13.1 Å². The number of rotatable bonds is 3. The standard InChI is InChI=1S/C12H16ClN/c1-14(11-6-4-7-11)12-8-3-2-5-10(12)9-13/h2-3,5,8,11H,4,6-7,9H2,1H3. The van der Waals surface area contributed by atoms with Gasteiger partial charge >= 0.3 is 0 Å². The molecule has 0 atom stereocenters. The molecule has 0 amide bonds. The molecule has 0 radical (unpaired) electrons. The number of hydrogen-bond acceptors (Lipinski definition) is 1. The van der Waals surface area contributed by atoms with Crippen LogP contribution in [0.25, 0.3) is 0 Å². The predicted molar refractivity (Wildman–Crippen MR) is 62.0 cm³/mol. The Bertz CT molecular complexity index is 307. The third-order valence-electron chi connectivity index (χ3n) is 3.14. The largest absolute Gasteiger partial charge is 0.371 e. The molecule has 0 N–H and O–H groups in total. The molecule has 1 aliphatic carbocycles. The molecular formula is C12H16ClN. The van der Waals surface area contributed by atoms with Gasteiger partial charge in [-0.05, 0) is 30.9 Å². The molecule has 2 rings (SSSR count). The number of alkyl halides is 1. The summed E-state index contributed by atoms with van der Waals surface area (Å²) in [7, 11) is 2.18. The van der Waals surface area contributed by atoms with Gasteiger partial charge in [0.1, 0.15) is 0 Å². The summed E-state index contributed by atoms with van der Waals surface area (Å²) >= 11 is 5.92. The van der Waals surface area contributed by atoms with Crippen LogP contribution in [0.4, 0.5) is 5.69 Å². The van der Waals surface area contributed by atoms with Crippen molar-refractivity contribution in [2.75, 3.05) is 11.9 Å². The summed E-state index contributed by atoms with van der Waals surface area (Å²) in [5.41, 5.74) is 2.54. The van der Waals surface area contributed by atoms with Crippen molar-refractivity contribution in [1.82, 2.24) is 0 Å². The zero-order valence-corrected chi connectivity index (χ0v) is 9.30. The highest BCUT2D eigenvalue weighted by molar-refractivity contribution is 6.17. The van der Waals surface area contributed by atoms with Crippen LogP contribution in [0.2, 0.25) is 0 Å². The zero-order valence-electron chi connectivity index (χ0n) is 8.54. The van der Waals surface area contributed by atoms with E-state index in [9.17, 15) is 0 Å². The molecule has 0 heterocycles. The number of nitrogens with zero attached hydrogens (tertiary/aromatic N) is 1. The van der Waals surface area contributed by atoms with Crippen LogP contribution in [0, 0.1) is 0 Å². The lowest BCUT2D eigenvalue weighted by Gasteiger charge is -2.37. The Morgan fingerprint density at radius 1 is 1.36 bits per heavy atom. The Labute approximate surface area is 90.7 Å². The summed E-state index contributed by atoms with van der Waals surface area (Å²) in [6.45, 7) is 0. The molecule has 0 spiro atoms. The van der Waals surface area contributed by atoms with Crippen LogP contribution >= 0.6 is 11.6 Å². The van der Waals surface area contributed by atoms with E-state index in [0.29, 0.717) is 5.88 Å². The summed E-state index contributed by atoms with van der Waals surface area (Å²) < 4.78 is 0. The van der Waals surface area contributed by atoms with Gasteiger partial charge in [-0.1, -0.05) is 18.2 Å². The minimum Gasteiger partial charge on any atom is -0.371 e. The Kier molecular flexibility index (Phi) is 2.97. The normalized spacial score (nSPS) is 16.4. The number of hydrogen-bond donors (Lipinski definition) is 0. The molecule has 1 aromatic rings. The van der Waals surface area contributed by atoms with Crippen LogP contribution in [0.1, 0.15) is 24.8 Å². The lowest BCUT2D eigenvalue weighted by atomic mass is 9.91. The van der Waals surface area contributed by atoms with Gasteiger partial charge in [0.2, 0.25) is 0 Å². The summed E-state index contributed by atoms with van der Waals surface area (Å²) in [5, 5.41) is 0. The Balaban J connectivity index is 2.20. The molecule has 1 nitrogen and oxygen atoms in total. The molecule has 1 fully saturated rings. The van der Waals surface area contributed by atoms with Crippen molar-refractivity contribution in [3.63, 3.8) is 0 Å². The van der Waals surface area contributed by atoms with Gasteiger partial charge < -0.3 is 4.90 Å². The second-order valence-corrected chi connectivity index (χ2v) is 4.23. The topological polar surface area (TPSA) is 3.24 Å². The summed E-state index contributed by atoms with van der Waals surface area (Å²) in [5.74, 6) is 0.604. The minimum absolute atomic E-state index is 0.604. The van der Waals surface area contributed by atoms with E-state index in [-0.39, 0.29) is 0 Å². The van der Waals surface area contributed by atoms with Gasteiger partial charge in [-0.15, -0.1) is 11.6 Å². The fourth-order valence-electron chi connectivity index (χ4n) is 1.94. The van der Waals surface area contributed by atoms with Crippen molar-refractivity contribution in [1.29, 1.82) is 0 Å². The lowest BCUT2D eigenvalue weighted by Crippen LogP contribution is -2.37. The number of anilines is 1. The van der Waals surface area contributed by atoms with Gasteiger partial charge in [0, 0.05) is 24.7 Å². The van der Waals surface area contributed by atoms with Gasteiger partial charge in [0.25, 0.3) is 0 Å². The van der Waals surface area contributed by atoms with E-state index in [1.165, 1.54) is 30.5 Å². The maximum atomic E-state index is 5.92. The highest BCUT2D eigenvalue weighted by Gasteiger charge is 2.23. The molecule has 0 aliphatic heterocycles. The maximum Gasteiger partial charge on any atom is 0.0494 e. The molecule has 0 bridgehead atoms. The molecule has 1 aliphatic rings. The predicted octanol–water partition coefficient (Wildman–Crippen LogP) is 3.41. The SMILES string of the molecule is CN(c1ccccc1CCl)C1CCC1. The molecule has 14 heavy (non-hydrogen) atoms. The second kappa shape index (κ2) is 4.22. The Morgan fingerprint density at radius 2 is 2.07 bits per heavy atom. The highest BCUT2D eigenvalue weighted by Crippen LogP contribution is 2.30. The van der Waals surface area contributed by atoms with Crippen molar-refractivity contribution < 1.29 is 0 Å². The van der Waals surface area contributed by atoms with Gasteiger partial charge in [-0.2, -0.15) is 0 Å². The van der Waals surface area contributed by atoms with Crippen LogP contribution < -0.4 is 4.90 Å². The third kappa shape index (κ3) is 1.74. The number of benzene rings is 1. The van der Waals surface area contributed by atoms with Crippen LogP contribution in [-0.2, 0) is 5.88 Å². The first-order valence-corrected chi connectivity index (χ1v) is 5.73. The van der Waals surface area contributed by atoms with Crippen molar-refractivity contribution in [2.24, 2.45) is 0 Å². The Hall–Kier alpha value is -0.690. The van der Waals surface area contributed by atoms with Gasteiger partial charge in [-0.3, -0.25) is 0 Å². The molecule has 76 valence electrons. The van der Waals surface area contributed by atoms with E-state index in [1.54, 1.807) is 0 Å². The van der Waals surface area contributed by atoms with Crippen LogP contribution in [0.15, 0.2) is 24.3 Å². The van der Waals surface area contributed by atoms with E-state index in [1.807, 2.05) is 0 Å². The smallest absolute Gasteiger partial charge is 0.0494 e.